The van der Waals surface area contributed by atoms with Gasteiger partial charge in [0, 0.05) is 72.1 Å². The van der Waals surface area contributed by atoms with Gasteiger partial charge in [-0.05, 0) is 32.9 Å². The molecule has 1 aliphatic rings. The zero-order valence-corrected chi connectivity index (χ0v) is 23.5. The van der Waals surface area contributed by atoms with E-state index in [0.717, 1.165) is 27.8 Å². The fraction of sp³-hybridized carbons (Fsp3) is 0.407. The molecular weight excluding hydrogens is 518 g/mol. The molecule has 0 unspecified atom stereocenters. The van der Waals surface area contributed by atoms with Crippen LogP contribution < -0.4 is 15.0 Å². The van der Waals surface area contributed by atoms with Gasteiger partial charge in [0.25, 0.3) is 0 Å². The second-order valence-electron chi connectivity index (χ2n) is 10.2. The molecule has 12 heteroatoms. The van der Waals surface area contributed by atoms with Crippen molar-refractivity contribution in [2.24, 2.45) is 5.92 Å². The summed E-state index contributed by atoms with van der Waals surface area (Å²) in [5.74, 6) is 2.06. The van der Waals surface area contributed by atoms with Gasteiger partial charge in [0.1, 0.15) is 21.4 Å². The topological polar surface area (TPSA) is 135 Å². The summed E-state index contributed by atoms with van der Waals surface area (Å²) in [6.45, 7) is 6.41. The van der Waals surface area contributed by atoms with E-state index < -0.39 is 9.84 Å². The smallest absolute Gasteiger partial charge is 0.158 e. The third kappa shape index (κ3) is 5.39. The van der Waals surface area contributed by atoms with Crippen LogP contribution in [0.1, 0.15) is 19.5 Å². The van der Waals surface area contributed by atoms with Crippen LogP contribution in [0.4, 0.5) is 11.5 Å². The van der Waals surface area contributed by atoms with E-state index in [0.29, 0.717) is 29.6 Å². The molecular formula is C27H33N7O4S. The highest BCUT2D eigenvalue weighted by molar-refractivity contribution is 7.90. The number of sulfone groups is 1. The van der Waals surface area contributed by atoms with E-state index in [1.54, 1.807) is 36.4 Å². The first-order chi connectivity index (χ1) is 18.6. The van der Waals surface area contributed by atoms with Crippen molar-refractivity contribution < 1.29 is 18.3 Å². The molecule has 2 N–H and O–H groups in total. The van der Waals surface area contributed by atoms with Crippen molar-refractivity contribution in [1.82, 2.24) is 24.7 Å². The van der Waals surface area contributed by atoms with Gasteiger partial charge < -0.3 is 20.1 Å². The first-order valence-electron chi connectivity index (χ1n) is 12.8. The summed E-state index contributed by atoms with van der Waals surface area (Å²) in [5, 5.41) is 18.4. The zero-order chi connectivity index (χ0) is 27.9. The molecule has 0 bridgehead atoms. The van der Waals surface area contributed by atoms with Crippen LogP contribution in [0.15, 0.2) is 42.9 Å². The number of rotatable bonds is 9. The average molecular weight is 552 g/mol. The van der Waals surface area contributed by atoms with Crippen LogP contribution >= 0.6 is 0 Å². The van der Waals surface area contributed by atoms with Gasteiger partial charge in [-0.25, -0.2) is 18.1 Å². The lowest BCUT2D eigenvalue weighted by atomic mass is 9.91. The molecule has 5 heterocycles. The lowest BCUT2D eigenvalue weighted by molar-refractivity contribution is 0.281. The fourth-order valence-electron chi connectivity index (χ4n) is 5.01. The third-order valence-corrected chi connectivity index (χ3v) is 8.20. The summed E-state index contributed by atoms with van der Waals surface area (Å²) >= 11 is 0. The third-order valence-electron chi connectivity index (χ3n) is 7.17. The second kappa shape index (κ2) is 10.4. The lowest BCUT2D eigenvalue weighted by Crippen LogP contribution is -2.57. The minimum Gasteiger partial charge on any atom is -0.496 e. The summed E-state index contributed by atoms with van der Waals surface area (Å²) in [6.07, 6.45) is 6.45. The number of aliphatic hydroxyl groups excluding tert-OH is 1. The molecule has 1 aliphatic heterocycles. The van der Waals surface area contributed by atoms with Crippen LogP contribution in [0.3, 0.4) is 0 Å². The quantitative estimate of drug-likeness (QED) is 0.320. The van der Waals surface area contributed by atoms with Gasteiger partial charge in [0.05, 0.1) is 42.4 Å². The van der Waals surface area contributed by atoms with E-state index in [9.17, 15) is 13.5 Å². The molecule has 206 valence electrons. The van der Waals surface area contributed by atoms with Gasteiger partial charge >= 0.3 is 0 Å². The highest BCUT2D eigenvalue weighted by Gasteiger charge is 2.38. The van der Waals surface area contributed by atoms with Gasteiger partial charge in [-0.15, -0.1) is 0 Å². The Morgan fingerprint density at radius 3 is 2.72 bits per heavy atom. The Morgan fingerprint density at radius 1 is 1.23 bits per heavy atom. The van der Waals surface area contributed by atoms with E-state index in [2.05, 4.69) is 20.3 Å². The number of hydrogen-bond acceptors (Lipinski definition) is 10. The maximum absolute atomic E-state index is 11.9. The van der Waals surface area contributed by atoms with Gasteiger partial charge in [-0.3, -0.25) is 9.97 Å². The molecule has 3 atom stereocenters. The van der Waals surface area contributed by atoms with Crippen molar-refractivity contribution in [2.45, 2.75) is 32.9 Å². The number of aromatic nitrogens is 5. The molecule has 39 heavy (non-hydrogen) atoms. The molecule has 11 nitrogen and oxygen atoms in total. The summed E-state index contributed by atoms with van der Waals surface area (Å²) in [4.78, 5) is 16.0. The molecule has 0 aromatic carbocycles. The largest absolute Gasteiger partial charge is 0.496 e. The monoisotopic (exact) mass is 551 g/mol. The maximum atomic E-state index is 11.9. The summed E-state index contributed by atoms with van der Waals surface area (Å²) in [5.41, 5.74) is 4.00. The van der Waals surface area contributed by atoms with Crippen molar-refractivity contribution in [3.63, 3.8) is 0 Å². The van der Waals surface area contributed by atoms with E-state index in [4.69, 9.17) is 14.7 Å². The Morgan fingerprint density at radius 2 is 2.03 bits per heavy atom. The SMILES string of the molecule is COc1ccncc1-c1cc2c(cnn2-c2cc(N3C[C@H](CS(C)(=O)=O)[C@H]3C)cc(N[C@@H](C)CO)n2)c(C)n1. The predicted molar refractivity (Wildman–Crippen MR) is 151 cm³/mol. The van der Waals surface area contributed by atoms with E-state index in [1.807, 2.05) is 39.0 Å². The molecule has 0 amide bonds. The molecule has 0 spiro atoms. The number of nitrogens with zero attached hydrogens (tertiary/aromatic N) is 6. The van der Waals surface area contributed by atoms with Crippen molar-refractivity contribution in [3.8, 4) is 22.8 Å². The second-order valence-corrected chi connectivity index (χ2v) is 12.4. The highest BCUT2D eigenvalue weighted by Crippen LogP contribution is 2.35. The van der Waals surface area contributed by atoms with Crippen molar-refractivity contribution in [3.05, 3.63) is 48.5 Å². The summed E-state index contributed by atoms with van der Waals surface area (Å²) in [7, 11) is -1.45. The van der Waals surface area contributed by atoms with Crippen LogP contribution in [0.2, 0.25) is 0 Å². The molecule has 4 aromatic rings. The number of ether oxygens (including phenoxy) is 1. The Balaban J connectivity index is 1.59. The van der Waals surface area contributed by atoms with Gasteiger partial charge in [-0.2, -0.15) is 5.10 Å². The van der Waals surface area contributed by atoms with Crippen LogP contribution in [0.25, 0.3) is 28.0 Å². The molecule has 4 aromatic heterocycles. The zero-order valence-electron chi connectivity index (χ0n) is 22.7. The maximum Gasteiger partial charge on any atom is 0.158 e. The normalized spacial score (nSPS) is 18.2. The molecule has 0 saturated carbocycles. The highest BCUT2D eigenvalue weighted by atomic mass is 32.2. The Kier molecular flexibility index (Phi) is 7.17. The van der Waals surface area contributed by atoms with E-state index in [1.165, 1.54) is 6.26 Å². The molecule has 1 fully saturated rings. The molecule has 5 rings (SSSR count). The predicted octanol–water partition coefficient (Wildman–Crippen LogP) is 2.86. The number of methoxy groups -OCH3 is 1. The van der Waals surface area contributed by atoms with Crippen molar-refractivity contribution >= 4 is 32.2 Å². The summed E-state index contributed by atoms with van der Waals surface area (Å²) < 4.78 is 31.1. The lowest BCUT2D eigenvalue weighted by Gasteiger charge is -2.48. The van der Waals surface area contributed by atoms with E-state index >= 15 is 0 Å². The molecule has 0 aliphatic carbocycles. The fourth-order valence-corrected chi connectivity index (χ4v) is 6.17. The first-order valence-corrected chi connectivity index (χ1v) is 14.8. The molecule has 1 saturated heterocycles. The number of fused-ring (bicyclic) bond motifs is 1. The minimum absolute atomic E-state index is 0.0450. The minimum atomic E-state index is -3.07. The van der Waals surface area contributed by atoms with Gasteiger partial charge in [0.15, 0.2) is 5.82 Å². The van der Waals surface area contributed by atoms with Crippen molar-refractivity contribution in [2.75, 3.05) is 42.5 Å². The Hall–Kier alpha value is -3.77. The van der Waals surface area contributed by atoms with Crippen LogP contribution in [0.5, 0.6) is 5.75 Å². The van der Waals surface area contributed by atoms with Crippen LogP contribution in [-0.4, -0.2) is 82.6 Å². The van der Waals surface area contributed by atoms with Gasteiger partial charge in [-0.1, -0.05) is 0 Å². The van der Waals surface area contributed by atoms with E-state index in [-0.39, 0.29) is 30.4 Å². The van der Waals surface area contributed by atoms with Crippen molar-refractivity contribution in [1.29, 1.82) is 0 Å². The van der Waals surface area contributed by atoms with Gasteiger partial charge in [0.2, 0.25) is 0 Å². The number of nitrogens with one attached hydrogen (secondary N) is 1. The number of aryl methyl sites for hydroxylation is 1. The number of pyridine rings is 3. The Labute approximate surface area is 227 Å². The standard InChI is InChI=1S/C27H33N7O4S/c1-16(14-35)30-26-8-20(33-13-19(18(33)3)15-39(5,36)37)9-27(32-26)34-24-10-23(31-17(2)21(24)12-29-34)22-11-28-7-6-25(22)38-4/h6-12,16,18-19,35H,13-15H2,1-5H3,(H,30,32)/t16-,18+,19+/m0/s1. The first kappa shape index (κ1) is 26.8. The Bertz CT molecular complexity index is 1620. The average Bonchev–Trinajstić information content (AvgIpc) is 3.34. The number of anilines is 2. The summed E-state index contributed by atoms with van der Waals surface area (Å²) in [6, 6.07) is 7.45. The molecule has 0 radical (unpaired) electrons. The van der Waals surface area contributed by atoms with Crippen LogP contribution in [0, 0.1) is 12.8 Å². The van der Waals surface area contributed by atoms with Crippen LogP contribution in [-0.2, 0) is 9.84 Å². The number of hydrogen-bond donors (Lipinski definition) is 2. The number of aliphatic hydroxyl groups is 1.